The molecule has 0 unspecified atom stereocenters. The van der Waals surface area contributed by atoms with E-state index in [1.165, 1.54) is 13.8 Å². The van der Waals surface area contributed by atoms with Gasteiger partial charge in [0.2, 0.25) is 0 Å². The first-order valence-corrected chi connectivity index (χ1v) is 40.7. The molecular formula is C106H98N4O23. The molecule has 4 amide bonds. The molecule has 14 aromatic rings. The molecule has 0 aliphatic rings. The lowest BCUT2D eigenvalue weighted by Crippen LogP contribution is -2.18. The Bertz CT molecular complexity index is 6820. The fraction of sp³-hybridized carbons (Fsp3) is 0.113. The van der Waals surface area contributed by atoms with Crippen LogP contribution >= 0.6 is 0 Å². The zero-order chi connectivity index (χ0) is 97.3. The Morgan fingerprint density at radius 2 is 0.632 bits per heavy atom. The largest absolute Gasteiger partial charge is 0.508 e. The van der Waals surface area contributed by atoms with E-state index in [4.69, 9.17) is 28.4 Å². The van der Waals surface area contributed by atoms with Crippen LogP contribution in [0.4, 0.5) is 22.7 Å². The quantitative estimate of drug-likeness (QED) is 0.00571. The number of aromatic hydroxyl groups is 7. The van der Waals surface area contributed by atoms with Crippen LogP contribution in [-0.2, 0) is 62.0 Å². The third-order valence-electron chi connectivity index (χ3n) is 18.8. The van der Waals surface area contributed by atoms with Crippen molar-refractivity contribution in [3.05, 3.63) is 351 Å². The molecule has 14 rings (SSSR count). The topological polar surface area (TPSA) is 416 Å². The zero-order valence-corrected chi connectivity index (χ0v) is 73.9. The molecule has 0 radical (unpaired) electrons. The Morgan fingerprint density at radius 1 is 0.271 bits per heavy atom. The minimum Gasteiger partial charge on any atom is -0.508 e. The van der Waals surface area contributed by atoms with Crippen molar-refractivity contribution in [3.63, 3.8) is 0 Å². The highest BCUT2D eigenvalue weighted by molar-refractivity contribution is 6.13. The number of phenols is 7. The minimum atomic E-state index is -0.678. The zero-order valence-electron chi connectivity index (χ0n) is 73.9. The first kappa shape index (κ1) is 101. The van der Waals surface area contributed by atoms with Gasteiger partial charge < -0.3 is 85.4 Å². The van der Waals surface area contributed by atoms with Gasteiger partial charge in [0.1, 0.15) is 72.4 Å². The fourth-order valence-corrected chi connectivity index (χ4v) is 11.9. The molecule has 133 heavy (non-hydrogen) atoms. The van der Waals surface area contributed by atoms with Gasteiger partial charge in [-0.1, -0.05) is 186 Å². The summed E-state index contributed by atoms with van der Waals surface area (Å²) in [4.78, 5) is 115. The van der Waals surface area contributed by atoms with Gasteiger partial charge in [-0.3, -0.25) is 19.2 Å². The lowest BCUT2D eigenvalue weighted by atomic mass is 10.0. The summed E-state index contributed by atoms with van der Waals surface area (Å²) in [6, 6.07) is 72.3. The van der Waals surface area contributed by atoms with Crippen molar-refractivity contribution < 1.29 is 112 Å². The second-order valence-corrected chi connectivity index (χ2v) is 29.7. The molecule has 680 valence electrons. The Kier molecular flexibility index (Phi) is 36.6. The number of fused-ring (bicyclic) bond motifs is 7. The van der Waals surface area contributed by atoms with Gasteiger partial charge in [0.05, 0.1) is 16.8 Å². The third-order valence-corrected chi connectivity index (χ3v) is 18.8. The van der Waals surface area contributed by atoms with Gasteiger partial charge in [-0.2, -0.15) is 0 Å². The van der Waals surface area contributed by atoms with Crippen molar-refractivity contribution >= 4 is 158 Å². The van der Waals surface area contributed by atoms with Crippen LogP contribution in [0.5, 0.6) is 46.0 Å². The monoisotopic (exact) mass is 1790 g/mol. The number of rotatable bonds is 22. The van der Waals surface area contributed by atoms with E-state index in [1.54, 1.807) is 223 Å². The molecule has 0 saturated carbocycles. The molecule has 0 aromatic heterocycles. The molecule has 0 saturated heterocycles. The summed E-state index contributed by atoms with van der Waals surface area (Å²) in [5, 5.41) is 89.2. The number of carbonyl (C=O) groups is 10. The molecule has 0 aliphatic heterocycles. The van der Waals surface area contributed by atoms with Gasteiger partial charge >= 0.3 is 35.8 Å². The number of phenolic OH excluding ortho intramolecular Hbond substituents is 7. The number of nitrogens with one attached hydrogen (secondary N) is 4. The summed E-state index contributed by atoms with van der Waals surface area (Å²) in [6.45, 7) is 35.2. The van der Waals surface area contributed by atoms with Crippen LogP contribution in [0, 0.1) is 0 Å². The molecule has 11 N–H and O–H groups in total. The van der Waals surface area contributed by atoms with Crippen molar-refractivity contribution in [1.82, 2.24) is 0 Å². The van der Waals surface area contributed by atoms with Crippen LogP contribution in [-0.4, -0.2) is 128 Å². The summed E-state index contributed by atoms with van der Waals surface area (Å²) in [6.07, 6.45) is 0. The van der Waals surface area contributed by atoms with E-state index >= 15 is 0 Å². The molecular weight excluding hydrogens is 1700 g/mol. The van der Waals surface area contributed by atoms with E-state index in [2.05, 4.69) is 67.3 Å². The number of hydrogen-bond acceptors (Lipinski definition) is 23. The summed E-state index contributed by atoms with van der Waals surface area (Å²) >= 11 is 0. The van der Waals surface area contributed by atoms with Crippen molar-refractivity contribution in [1.29, 1.82) is 0 Å². The van der Waals surface area contributed by atoms with Gasteiger partial charge in [0.15, 0.2) is 6.61 Å². The molecule has 0 heterocycles. The van der Waals surface area contributed by atoms with Crippen LogP contribution in [0.25, 0.3) is 75.4 Å². The molecule has 0 aliphatic carbocycles. The predicted molar refractivity (Wildman–Crippen MR) is 517 cm³/mol. The van der Waals surface area contributed by atoms with Gasteiger partial charge in [-0.05, 0) is 201 Å². The summed E-state index contributed by atoms with van der Waals surface area (Å²) in [5.74, 6) is -2.89. The first-order valence-electron chi connectivity index (χ1n) is 40.7. The van der Waals surface area contributed by atoms with Gasteiger partial charge in [-0.25, -0.2) is 28.8 Å². The Balaban J connectivity index is 0.000000192. The summed E-state index contributed by atoms with van der Waals surface area (Å²) in [7, 11) is 0. The van der Waals surface area contributed by atoms with Crippen LogP contribution in [0.3, 0.4) is 0 Å². The highest BCUT2D eigenvalue weighted by atomic mass is 16.6. The number of esters is 6. The lowest BCUT2D eigenvalue weighted by Gasteiger charge is -2.10. The van der Waals surface area contributed by atoms with E-state index in [0.29, 0.717) is 83.3 Å². The SMILES string of the molecule is C=C(C)C(=O)Nc1c(O)ccc2ccccc12.C=C(C)C(=O)Nc1ccc(O)c2ccccc12.C=C(C)C(=O)Nc1cccc2c(O)cccc12.C=C(C)C(=O)Nc1cccc2cc(O)ccc12.C=C(C)C(=O)OCC(=O)Oc1ccc2cc(O)ccc2c1.C=C(C)C(=O)OCCOC(=O)c1ccc2cc(O)ccc2c1.C=C(C)C(=O)OCCOC(=O)c1cccc2c(O)cccc12. The molecule has 27 heteroatoms. The van der Waals surface area contributed by atoms with E-state index in [-0.39, 0.29) is 101 Å². The number of ether oxygens (including phenoxy) is 6. The fourth-order valence-electron chi connectivity index (χ4n) is 11.9. The van der Waals surface area contributed by atoms with Gasteiger partial charge in [0.25, 0.3) is 23.6 Å². The van der Waals surface area contributed by atoms with Crippen LogP contribution in [0.1, 0.15) is 69.2 Å². The van der Waals surface area contributed by atoms with E-state index in [9.17, 15) is 83.7 Å². The Labute approximate surface area is 765 Å². The Morgan fingerprint density at radius 3 is 1.17 bits per heavy atom. The normalized spacial score (nSPS) is 10.2. The highest BCUT2D eigenvalue weighted by Gasteiger charge is 2.19. The smallest absolute Gasteiger partial charge is 0.349 e. The molecule has 0 bridgehead atoms. The number of hydrogen-bond donors (Lipinski definition) is 11. The van der Waals surface area contributed by atoms with Crippen molar-refractivity contribution in [2.45, 2.75) is 48.5 Å². The van der Waals surface area contributed by atoms with Crippen molar-refractivity contribution in [2.75, 3.05) is 54.3 Å². The lowest BCUT2D eigenvalue weighted by molar-refractivity contribution is -0.150. The maximum atomic E-state index is 12.1. The van der Waals surface area contributed by atoms with E-state index in [1.807, 2.05) is 66.7 Å². The second kappa shape index (κ2) is 48.4. The molecule has 0 spiro atoms. The first-order chi connectivity index (χ1) is 63.3. The molecule has 0 atom stereocenters. The predicted octanol–water partition coefficient (Wildman–Crippen LogP) is 20.5. The average molecular weight is 1800 g/mol. The van der Waals surface area contributed by atoms with Crippen LogP contribution < -0.4 is 26.0 Å². The number of anilines is 4. The maximum Gasteiger partial charge on any atom is 0.349 e. The summed E-state index contributed by atoms with van der Waals surface area (Å²) < 4.78 is 29.6. The molecule has 14 aromatic carbocycles. The maximum absolute atomic E-state index is 12.1. The second-order valence-electron chi connectivity index (χ2n) is 29.7. The highest BCUT2D eigenvalue weighted by Crippen LogP contribution is 2.36. The van der Waals surface area contributed by atoms with Crippen LogP contribution in [0.2, 0.25) is 0 Å². The Hall–Kier alpha value is -17.6. The van der Waals surface area contributed by atoms with Gasteiger partial charge in [-0.15, -0.1) is 0 Å². The van der Waals surface area contributed by atoms with E-state index in [0.717, 1.165) is 59.5 Å². The molecule has 27 nitrogen and oxygen atoms in total. The van der Waals surface area contributed by atoms with Crippen LogP contribution in [0.15, 0.2) is 340 Å². The van der Waals surface area contributed by atoms with Gasteiger partial charge in [0, 0.05) is 93.8 Å². The number of amides is 4. The number of benzene rings is 14. The van der Waals surface area contributed by atoms with Crippen molar-refractivity contribution in [2.24, 2.45) is 0 Å². The summed E-state index contributed by atoms with van der Waals surface area (Å²) in [5.41, 5.74) is 5.78. The van der Waals surface area contributed by atoms with Crippen molar-refractivity contribution in [3.8, 4) is 46.0 Å². The standard InChI is InChI=1S/2C17H16O5.C16H14O5.4C14H13NO2/c1-11(2)16(19)21-9-10-22-17(20)14-7-3-6-13-12(14)5-4-8-15(13)18;1-11(2)16(19)21-7-8-22-17(20)14-4-3-13-10-15(18)6-5-12(13)9-14;1-10(2)16(19)20-9-15(18)21-14-6-4-11-7-13(17)5-3-12(11)8-14;1-9(2)14(17)15-12-7-3-6-11-10(12)5-4-8-13(11)16;1-9(2)14(17)15-13-5-3-4-10-8-11(16)6-7-12(10)13;1-9(2)14(17)15-12-7-8-13(16)11-6-4-3-5-10(11)12;1-9(2)14(17)15-13-11-6-4-3-5-10(11)7-8-12(13)16/h3-8,18H,1,9-10H2,2H3;3-6,9-10,18H,1,7-8H2,2H3;3-8,17H,1,9H2,2H3;4*3-8,16H,1H2,2H3,(H,15,17). The number of carbonyl (C=O) groups excluding carboxylic acids is 10. The van der Waals surface area contributed by atoms with E-state index < -0.39 is 42.4 Å². The minimum absolute atomic E-state index is 0.0150. The molecule has 0 fully saturated rings. The average Bonchev–Trinajstić information content (AvgIpc) is 0.833. The third kappa shape index (κ3) is 29.7.